The lowest BCUT2D eigenvalue weighted by Crippen LogP contribution is -2.40. The van der Waals surface area contributed by atoms with Gasteiger partial charge in [-0.1, -0.05) is 41.1 Å². The van der Waals surface area contributed by atoms with E-state index >= 15 is 0 Å². The van der Waals surface area contributed by atoms with Crippen LogP contribution in [0.15, 0.2) is 47.0 Å². The zero-order valence-corrected chi connectivity index (χ0v) is 18.6. The number of amides is 1. The molecule has 2 aromatic carbocycles. The smallest absolute Gasteiger partial charge is 0.246 e. The molecule has 0 saturated carbocycles. The molecule has 0 bridgehead atoms. The van der Waals surface area contributed by atoms with E-state index in [1.165, 1.54) is 7.11 Å². The van der Waals surface area contributed by atoms with Crippen LogP contribution >= 0.6 is 0 Å². The molecule has 3 rings (SSSR count). The van der Waals surface area contributed by atoms with Crippen molar-refractivity contribution < 1.29 is 22.5 Å². The Labute approximate surface area is 181 Å². The normalized spacial score (nSPS) is 11.2. The van der Waals surface area contributed by atoms with Gasteiger partial charge < -0.3 is 14.6 Å². The van der Waals surface area contributed by atoms with Gasteiger partial charge in [0.05, 0.1) is 25.6 Å². The quantitative estimate of drug-likeness (QED) is 0.567. The number of hydrogen-bond donors (Lipinski definition) is 1. The number of methoxy groups -OCH3 is 1. The van der Waals surface area contributed by atoms with E-state index in [2.05, 4.69) is 15.5 Å². The molecule has 1 heterocycles. The van der Waals surface area contributed by atoms with Crippen molar-refractivity contribution in [1.82, 2.24) is 15.5 Å². The number of aryl methyl sites for hydroxylation is 2. The molecule has 0 aliphatic heterocycles. The van der Waals surface area contributed by atoms with E-state index in [1.807, 2.05) is 38.1 Å². The maximum atomic E-state index is 12.5. The molecule has 0 fully saturated rings. The van der Waals surface area contributed by atoms with Gasteiger partial charge in [0.1, 0.15) is 12.3 Å². The van der Waals surface area contributed by atoms with Crippen LogP contribution in [-0.4, -0.2) is 44.4 Å². The van der Waals surface area contributed by atoms with Gasteiger partial charge in [0, 0.05) is 5.56 Å². The SMILES string of the molecule is COc1ccc(C)cc1N(CC(=O)NCc1nc(-c2ccc(C)cc2)no1)S(C)(=O)=O. The summed E-state index contributed by atoms with van der Waals surface area (Å²) in [5.74, 6) is 0.446. The molecule has 10 heteroatoms. The molecular weight excluding hydrogens is 420 g/mol. The average molecular weight is 445 g/mol. The molecular formula is C21H24N4O5S. The largest absolute Gasteiger partial charge is 0.495 e. The van der Waals surface area contributed by atoms with Crippen LogP contribution in [0.5, 0.6) is 5.75 Å². The minimum Gasteiger partial charge on any atom is -0.495 e. The lowest BCUT2D eigenvalue weighted by Gasteiger charge is -2.24. The van der Waals surface area contributed by atoms with Crippen molar-refractivity contribution in [3.63, 3.8) is 0 Å². The fourth-order valence-corrected chi connectivity index (χ4v) is 3.73. The molecule has 0 atom stereocenters. The number of nitrogens with one attached hydrogen (secondary N) is 1. The van der Waals surface area contributed by atoms with Crippen molar-refractivity contribution in [2.24, 2.45) is 0 Å². The number of carbonyl (C=O) groups excluding carboxylic acids is 1. The van der Waals surface area contributed by atoms with Crippen LogP contribution in [0.2, 0.25) is 0 Å². The van der Waals surface area contributed by atoms with E-state index in [0.29, 0.717) is 17.3 Å². The predicted octanol–water partition coefficient (Wildman–Crippen LogP) is 2.44. The van der Waals surface area contributed by atoms with Gasteiger partial charge >= 0.3 is 0 Å². The highest BCUT2D eigenvalue weighted by atomic mass is 32.2. The third-order valence-electron chi connectivity index (χ3n) is 4.51. The molecule has 1 N–H and O–H groups in total. The van der Waals surface area contributed by atoms with E-state index in [0.717, 1.165) is 27.3 Å². The van der Waals surface area contributed by atoms with Crippen LogP contribution in [0.3, 0.4) is 0 Å². The van der Waals surface area contributed by atoms with Gasteiger partial charge in [-0.15, -0.1) is 0 Å². The number of nitrogens with zero attached hydrogens (tertiary/aromatic N) is 3. The van der Waals surface area contributed by atoms with Gasteiger partial charge in [-0.2, -0.15) is 4.98 Å². The Kier molecular flexibility index (Phi) is 6.59. The fourth-order valence-electron chi connectivity index (χ4n) is 2.88. The Hall–Kier alpha value is -3.40. The lowest BCUT2D eigenvalue weighted by molar-refractivity contribution is -0.119. The number of rotatable bonds is 8. The number of aromatic nitrogens is 2. The Morgan fingerprint density at radius 1 is 1.13 bits per heavy atom. The number of anilines is 1. The van der Waals surface area contributed by atoms with Gasteiger partial charge in [-0.3, -0.25) is 9.10 Å². The van der Waals surface area contributed by atoms with Crippen LogP contribution in [-0.2, 0) is 21.4 Å². The second-order valence-electron chi connectivity index (χ2n) is 7.10. The zero-order valence-electron chi connectivity index (χ0n) is 17.7. The van der Waals surface area contributed by atoms with Crippen molar-refractivity contribution in [1.29, 1.82) is 0 Å². The van der Waals surface area contributed by atoms with Crippen molar-refractivity contribution >= 4 is 21.6 Å². The summed E-state index contributed by atoms with van der Waals surface area (Å²) in [5, 5.41) is 6.53. The summed E-state index contributed by atoms with van der Waals surface area (Å²) >= 11 is 0. The number of benzene rings is 2. The van der Waals surface area contributed by atoms with Crippen molar-refractivity contribution in [2.45, 2.75) is 20.4 Å². The third kappa shape index (κ3) is 5.60. The zero-order chi connectivity index (χ0) is 22.6. The first-order valence-corrected chi connectivity index (χ1v) is 11.3. The average Bonchev–Trinajstić information content (AvgIpc) is 3.19. The highest BCUT2D eigenvalue weighted by molar-refractivity contribution is 7.92. The summed E-state index contributed by atoms with van der Waals surface area (Å²) in [7, 11) is -2.30. The van der Waals surface area contributed by atoms with Crippen molar-refractivity contribution in [3.8, 4) is 17.1 Å². The summed E-state index contributed by atoms with van der Waals surface area (Å²) in [6, 6.07) is 12.7. The van der Waals surface area contributed by atoms with Gasteiger partial charge in [-0.05, 0) is 31.5 Å². The summed E-state index contributed by atoms with van der Waals surface area (Å²) in [5.41, 5.74) is 3.03. The van der Waals surface area contributed by atoms with Gasteiger partial charge in [0.25, 0.3) is 0 Å². The summed E-state index contributed by atoms with van der Waals surface area (Å²) in [4.78, 5) is 16.8. The van der Waals surface area contributed by atoms with Crippen LogP contribution in [0.1, 0.15) is 17.0 Å². The van der Waals surface area contributed by atoms with Crippen LogP contribution in [0.25, 0.3) is 11.4 Å². The van der Waals surface area contributed by atoms with Crippen LogP contribution < -0.4 is 14.4 Å². The Balaban J connectivity index is 1.70. The first-order chi connectivity index (χ1) is 14.7. The molecule has 0 aliphatic carbocycles. The highest BCUT2D eigenvalue weighted by Crippen LogP contribution is 2.30. The molecule has 1 aromatic heterocycles. The Morgan fingerprint density at radius 2 is 1.81 bits per heavy atom. The minimum atomic E-state index is -3.74. The Morgan fingerprint density at radius 3 is 2.45 bits per heavy atom. The summed E-state index contributed by atoms with van der Waals surface area (Å²) in [6.07, 6.45) is 1.04. The van der Waals surface area contributed by atoms with Crippen LogP contribution in [0.4, 0.5) is 5.69 Å². The predicted molar refractivity (Wildman–Crippen MR) is 116 cm³/mol. The Bertz CT molecular complexity index is 1170. The van der Waals surface area contributed by atoms with Gasteiger partial charge in [0.15, 0.2) is 0 Å². The molecule has 3 aromatic rings. The maximum Gasteiger partial charge on any atom is 0.246 e. The highest BCUT2D eigenvalue weighted by Gasteiger charge is 2.24. The molecule has 1 amide bonds. The number of carbonyl (C=O) groups is 1. The molecule has 164 valence electrons. The lowest BCUT2D eigenvalue weighted by atomic mass is 10.1. The maximum absolute atomic E-state index is 12.5. The fraction of sp³-hybridized carbons (Fsp3) is 0.286. The molecule has 0 spiro atoms. The van der Waals surface area contributed by atoms with E-state index in [1.54, 1.807) is 18.2 Å². The molecule has 0 saturated heterocycles. The summed E-state index contributed by atoms with van der Waals surface area (Å²) in [6.45, 7) is 3.36. The monoisotopic (exact) mass is 444 g/mol. The van der Waals surface area contributed by atoms with E-state index in [9.17, 15) is 13.2 Å². The second kappa shape index (κ2) is 9.17. The van der Waals surface area contributed by atoms with Crippen molar-refractivity contribution in [2.75, 3.05) is 24.2 Å². The molecule has 9 nitrogen and oxygen atoms in total. The minimum absolute atomic E-state index is 0.0275. The first-order valence-electron chi connectivity index (χ1n) is 9.46. The molecule has 31 heavy (non-hydrogen) atoms. The number of ether oxygens (including phenoxy) is 1. The number of hydrogen-bond acceptors (Lipinski definition) is 7. The van der Waals surface area contributed by atoms with Crippen LogP contribution in [0, 0.1) is 13.8 Å². The molecule has 0 radical (unpaired) electrons. The first kappa shape index (κ1) is 22.3. The van der Waals surface area contributed by atoms with Crippen molar-refractivity contribution in [3.05, 3.63) is 59.5 Å². The second-order valence-corrected chi connectivity index (χ2v) is 9.01. The molecule has 0 unspecified atom stereocenters. The third-order valence-corrected chi connectivity index (χ3v) is 5.63. The standard InChI is InChI=1S/C21H24N4O5S/c1-14-5-8-16(9-6-14)21-23-20(30-24-21)12-22-19(26)13-25(31(4,27)28)17-11-15(2)7-10-18(17)29-3/h5-11H,12-13H2,1-4H3,(H,22,26). The van der Waals surface area contributed by atoms with Gasteiger partial charge in [-0.25, -0.2) is 8.42 Å². The topological polar surface area (TPSA) is 115 Å². The number of sulfonamides is 1. The van der Waals surface area contributed by atoms with E-state index < -0.39 is 22.5 Å². The molecule has 0 aliphatic rings. The van der Waals surface area contributed by atoms with E-state index in [-0.39, 0.29) is 12.4 Å². The van der Waals surface area contributed by atoms with Gasteiger partial charge in [0.2, 0.25) is 27.6 Å². The van der Waals surface area contributed by atoms with E-state index in [4.69, 9.17) is 9.26 Å². The summed E-state index contributed by atoms with van der Waals surface area (Å²) < 4.78 is 36.2.